The van der Waals surface area contributed by atoms with E-state index in [0.29, 0.717) is 0 Å². The first-order valence-corrected chi connectivity index (χ1v) is 7.72. The fourth-order valence-electron chi connectivity index (χ4n) is 2.37. The molecule has 0 aromatic heterocycles. The van der Waals surface area contributed by atoms with Gasteiger partial charge in [0, 0.05) is 12.8 Å². The number of rotatable bonds is 6. The van der Waals surface area contributed by atoms with Crippen molar-refractivity contribution in [3.8, 4) is 0 Å². The molecule has 0 amide bonds. The van der Waals surface area contributed by atoms with Crippen molar-refractivity contribution in [2.75, 3.05) is 13.2 Å². The summed E-state index contributed by atoms with van der Waals surface area (Å²) in [6, 6.07) is 0. The summed E-state index contributed by atoms with van der Waals surface area (Å²) in [5.74, 6) is 0. The Morgan fingerprint density at radius 3 is 1.27 bits per heavy atom. The van der Waals surface area contributed by atoms with Gasteiger partial charge in [0.2, 0.25) is 0 Å². The molecule has 4 unspecified atom stereocenters. The van der Waals surface area contributed by atoms with E-state index in [1.807, 2.05) is 0 Å². The fourth-order valence-corrected chi connectivity index (χ4v) is 2.37. The van der Waals surface area contributed by atoms with Crippen molar-refractivity contribution in [3.05, 3.63) is 0 Å². The third-order valence-electron chi connectivity index (χ3n) is 3.28. The van der Waals surface area contributed by atoms with Gasteiger partial charge in [0.1, 0.15) is 24.4 Å². The minimum Gasteiger partial charge on any atom is -0.450 e. The van der Waals surface area contributed by atoms with Gasteiger partial charge in [-0.2, -0.15) is 0 Å². The van der Waals surface area contributed by atoms with Gasteiger partial charge in [-0.25, -0.2) is 19.2 Å². The molecule has 0 bridgehead atoms. The Morgan fingerprint density at radius 1 is 0.692 bits per heavy atom. The molecule has 148 valence electrons. The van der Waals surface area contributed by atoms with E-state index >= 15 is 0 Å². The van der Waals surface area contributed by atoms with Crippen LogP contribution in [0.2, 0.25) is 0 Å². The van der Waals surface area contributed by atoms with Crippen LogP contribution in [0.5, 0.6) is 0 Å². The summed E-state index contributed by atoms with van der Waals surface area (Å²) in [6.45, 7) is 3.13. The maximum absolute atomic E-state index is 11.6. The minimum absolute atomic E-state index is 0.0226. The van der Waals surface area contributed by atoms with E-state index in [4.69, 9.17) is 19.7 Å². The number of carboxylic acid groups (broad SMARTS) is 2. The van der Waals surface area contributed by atoms with Crippen LogP contribution in [0.25, 0.3) is 0 Å². The standard InChI is InChI=1S/C14H20O12/c1-3-21-13(19)25-9-5-7(23-11(15)16)8(24-12(17)18)6-10(9)26-14(20)22-4-2/h7-10H,3-6H2,1-2H3,(H,15,16)(H,17,18). The molecule has 0 aliphatic heterocycles. The molecule has 1 fully saturated rings. The van der Waals surface area contributed by atoms with E-state index in [2.05, 4.69) is 18.9 Å². The normalized spacial score (nSPS) is 24.7. The van der Waals surface area contributed by atoms with Crippen LogP contribution in [-0.4, -0.2) is 72.5 Å². The first-order chi connectivity index (χ1) is 12.3. The van der Waals surface area contributed by atoms with Crippen LogP contribution >= 0.6 is 0 Å². The molecule has 0 aromatic rings. The van der Waals surface area contributed by atoms with E-state index in [9.17, 15) is 19.2 Å². The molecule has 0 spiro atoms. The van der Waals surface area contributed by atoms with Crippen molar-refractivity contribution in [1.82, 2.24) is 0 Å². The lowest BCUT2D eigenvalue weighted by molar-refractivity contribution is -0.138. The largest absolute Gasteiger partial charge is 0.508 e. The van der Waals surface area contributed by atoms with E-state index in [1.54, 1.807) is 13.8 Å². The summed E-state index contributed by atoms with van der Waals surface area (Å²) in [6.07, 6.45) is -11.0. The van der Waals surface area contributed by atoms with Gasteiger partial charge in [-0.05, 0) is 13.8 Å². The first kappa shape index (κ1) is 21.1. The lowest BCUT2D eigenvalue weighted by Crippen LogP contribution is -2.51. The zero-order valence-corrected chi connectivity index (χ0v) is 14.1. The summed E-state index contributed by atoms with van der Waals surface area (Å²) >= 11 is 0. The quantitative estimate of drug-likeness (QED) is 0.509. The van der Waals surface area contributed by atoms with Gasteiger partial charge in [-0.3, -0.25) is 0 Å². The highest BCUT2D eigenvalue weighted by atomic mass is 16.8. The van der Waals surface area contributed by atoms with Crippen LogP contribution in [0, 0.1) is 0 Å². The lowest BCUT2D eigenvalue weighted by atomic mass is 9.89. The van der Waals surface area contributed by atoms with Gasteiger partial charge in [0.25, 0.3) is 0 Å². The molecule has 12 nitrogen and oxygen atoms in total. The zero-order valence-electron chi connectivity index (χ0n) is 14.1. The number of carbonyl (C=O) groups is 4. The highest BCUT2D eigenvalue weighted by Gasteiger charge is 2.45. The molecule has 0 saturated heterocycles. The molecule has 4 atom stereocenters. The summed E-state index contributed by atoms with van der Waals surface area (Å²) in [7, 11) is 0. The second-order valence-corrected chi connectivity index (χ2v) is 4.99. The summed E-state index contributed by atoms with van der Waals surface area (Å²) in [5.41, 5.74) is 0. The van der Waals surface area contributed by atoms with Gasteiger partial charge in [0.05, 0.1) is 13.2 Å². The van der Waals surface area contributed by atoms with Crippen molar-refractivity contribution in [2.45, 2.75) is 51.1 Å². The monoisotopic (exact) mass is 380 g/mol. The Hall–Kier alpha value is -2.92. The second kappa shape index (κ2) is 10.2. The van der Waals surface area contributed by atoms with Gasteiger partial charge in [-0.1, -0.05) is 0 Å². The number of ether oxygens (including phenoxy) is 6. The number of carbonyl (C=O) groups excluding carboxylic acids is 2. The molecule has 26 heavy (non-hydrogen) atoms. The second-order valence-electron chi connectivity index (χ2n) is 4.99. The molecule has 0 aromatic carbocycles. The van der Waals surface area contributed by atoms with Crippen LogP contribution in [0.15, 0.2) is 0 Å². The Morgan fingerprint density at radius 2 is 1.00 bits per heavy atom. The Balaban J connectivity index is 2.95. The topological polar surface area (TPSA) is 164 Å². The van der Waals surface area contributed by atoms with Crippen molar-refractivity contribution in [3.63, 3.8) is 0 Å². The maximum Gasteiger partial charge on any atom is 0.508 e. The molecule has 1 aliphatic carbocycles. The Labute approximate surface area is 147 Å². The molecule has 0 radical (unpaired) electrons. The van der Waals surface area contributed by atoms with Gasteiger partial charge >= 0.3 is 24.6 Å². The van der Waals surface area contributed by atoms with Crippen LogP contribution < -0.4 is 0 Å². The molecular weight excluding hydrogens is 360 g/mol. The average molecular weight is 380 g/mol. The zero-order chi connectivity index (χ0) is 19.7. The fraction of sp³-hybridized carbons (Fsp3) is 0.714. The van der Waals surface area contributed by atoms with E-state index in [0.717, 1.165) is 0 Å². The minimum atomic E-state index is -1.67. The lowest BCUT2D eigenvalue weighted by Gasteiger charge is -2.37. The van der Waals surface area contributed by atoms with Crippen LogP contribution in [0.3, 0.4) is 0 Å². The molecule has 2 N–H and O–H groups in total. The van der Waals surface area contributed by atoms with Crippen molar-refractivity contribution < 1.29 is 57.8 Å². The maximum atomic E-state index is 11.6. The van der Waals surface area contributed by atoms with Gasteiger partial charge in [-0.15, -0.1) is 0 Å². The molecular formula is C14H20O12. The van der Waals surface area contributed by atoms with Crippen LogP contribution in [0.1, 0.15) is 26.7 Å². The van der Waals surface area contributed by atoms with Crippen LogP contribution in [-0.2, 0) is 28.4 Å². The van der Waals surface area contributed by atoms with Crippen molar-refractivity contribution >= 4 is 24.6 Å². The van der Waals surface area contributed by atoms with Gasteiger partial charge in [0.15, 0.2) is 0 Å². The highest BCUT2D eigenvalue weighted by molar-refractivity contribution is 5.62. The summed E-state index contributed by atoms with van der Waals surface area (Å²) in [5, 5.41) is 17.6. The van der Waals surface area contributed by atoms with E-state index < -0.39 is 49.0 Å². The predicted molar refractivity (Wildman–Crippen MR) is 78.8 cm³/mol. The van der Waals surface area contributed by atoms with Crippen molar-refractivity contribution in [1.29, 1.82) is 0 Å². The van der Waals surface area contributed by atoms with Crippen LogP contribution in [0.4, 0.5) is 19.2 Å². The molecule has 1 aliphatic rings. The SMILES string of the molecule is CCOC(=O)OC1CC(OC(=O)O)C(OC(=O)O)CC1OC(=O)OCC. The van der Waals surface area contributed by atoms with Gasteiger partial charge < -0.3 is 38.6 Å². The average Bonchev–Trinajstić information content (AvgIpc) is 2.50. The summed E-state index contributed by atoms with van der Waals surface area (Å²) < 4.78 is 28.5. The summed E-state index contributed by atoms with van der Waals surface area (Å²) in [4.78, 5) is 44.7. The third kappa shape index (κ3) is 6.91. The predicted octanol–water partition coefficient (Wildman–Crippen LogP) is 1.99. The Bertz CT molecular complexity index is 472. The van der Waals surface area contributed by atoms with E-state index in [-0.39, 0.29) is 26.1 Å². The molecule has 0 heterocycles. The third-order valence-corrected chi connectivity index (χ3v) is 3.28. The smallest absolute Gasteiger partial charge is 0.450 e. The molecule has 12 heteroatoms. The first-order valence-electron chi connectivity index (χ1n) is 7.72. The molecule has 1 rings (SSSR count). The van der Waals surface area contributed by atoms with E-state index in [1.165, 1.54) is 0 Å². The highest BCUT2D eigenvalue weighted by Crippen LogP contribution is 2.30. The Kier molecular flexibility index (Phi) is 8.25. The number of hydrogen-bond donors (Lipinski definition) is 2. The number of hydrogen-bond acceptors (Lipinski definition) is 10. The van der Waals surface area contributed by atoms with Crippen molar-refractivity contribution in [2.24, 2.45) is 0 Å². The molecule has 1 saturated carbocycles.